The lowest BCUT2D eigenvalue weighted by molar-refractivity contribution is 0.227. The molecule has 2 heterocycles. The van der Waals surface area contributed by atoms with Gasteiger partial charge in [-0.25, -0.2) is 4.98 Å². The van der Waals surface area contributed by atoms with Gasteiger partial charge in [0.1, 0.15) is 0 Å². The number of nitrogens with one attached hydrogen (secondary N) is 1. The fourth-order valence-corrected chi connectivity index (χ4v) is 2.19. The van der Waals surface area contributed by atoms with Crippen molar-refractivity contribution in [1.82, 2.24) is 9.55 Å². The van der Waals surface area contributed by atoms with Crippen LogP contribution < -0.4 is 5.32 Å². The predicted molar refractivity (Wildman–Crippen MR) is 58.6 cm³/mol. The molecule has 1 aromatic heterocycles. The van der Waals surface area contributed by atoms with Crippen molar-refractivity contribution in [2.45, 2.75) is 40.2 Å². The normalized spacial score (nSPS) is 21.6. The Hall–Kier alpha value is -0.990. The zero-order chi connectivity index (χ0) is 10.3. The van der Waals surface area contributed by atoms with Crippen molar-refractivity contribution in [3.8, 4) is 0 Å². The average molecular weight is 193 g/mol. The molecule has 14 heavy (non-hydrogen) atoms. The van der Waals surface area contributed by atoms with Crippen LogP contribution in [-0.4, -0.2) is 16.1 Å². The summed E-state index contributed by atoms with van der Waals surface area (Å²) in [5.74, 6) is 1.04. The van der Waals surface area contributed by atoms with E-state index < -0.39 is 0 Å². The van der Waals surface area contributed by atoms with Crippen LogP contribution in [0.5, 0.6) is 0 Å². The minimum absolute atomic E-state index is 0.310. The van der Waals surface area contributed by atoms with Gasteiger partial charge in [-0.1, -0.05) is 20.8 Å². The minimum atomic E-state index is 0.310. The Kier molecular flexibility index (Phi) is 2.05. The van der Waals surface area contributed by atoms with Gasteiger partial charge in [0, 0.05) is 18.8 Å². The van der Waals surface area contributed by atoms with Gasteiger partial charge in [-0.3, -0.25) is 0 Å². The molecule has 1 aromatic rings. The summed E-state index contributed by atoms with van der Waals surface area (Å²) in [5, 5.41) is 3.34. The molecule has 0 radical (unpaired) electrons. The molecule has 0 spiro atoms. The number of rotatable bonds is 0. The largest absolute Gasteiger partial charge is 0.356 e. The van der Waals surface area contributed by atoms with E-state index in [1.165, 1.54) is 6.42 Å². The van der Waals surface area contributed by atoms with Crippen molar-refractivity contribution in [3.63, 3.8) is 0 Å². The fraction of sp³-hybridized carbons (Fsp3) is 0.727. The number of anilines is 1. The first-order valence-corrected chi connectivity index (χ1v) is 5.28. The van der Waals surface area contributed by atoms with Crippen LogP contribution in [0.1, 0.15) is 38.9 Å². The van der Waals surface area contributed by atoms with E-state index in [2.05, 4.69) is 41.8 Å². The van der Waals surface area contributed by atoms with E-state index in [1.54, 1.807) is 0 Å². The Morgan fingerprint density at radius 2 is 2.21 bits per heavy atom. The van der Waals surface area contributed by atoms with Gasteiger partial charge in [-0.15, -0.1) is 0 Å². The molecule has 0 saturated heterocycles. The highest BCUT2D eigenvalue weighted by atomic mass is 15.2. The second-order valence-electron chi connectivity index (χ2n) is 5.21. The molecule has 1 unspecified atom stereocenters. The number of hydrogen-bond donors (Lipinski definition) is 1. The van der Waals surface area contributed by atoms with Crippen LogP contribution in [0.2, 0.25) is 0 Å². The third kappa shape index (κ3) is 1.51. The predicted octanol–water partition coefficient (Wildman–Crippen LogP) is 2.59. The molecular formula is C11H19N3. The summed E-state index contributed by atoms with van der Waals surface area (Å²) in [4.78, 5) is 4.47. The first kappa shape index (κ1) is 9.56. The molecule has 1 aliphatic rings. The molecule has 0 amide bonds. The van der Waals surface area contributed by atoms with Crippen molar-refractivity contribution >= 4 is 5.95 Å². The molecule has 3 heteroatoms. The lowest BCUT2D eigenvalue weighted by Crippen LogP contribution is -2.31. The topological polar surface area (TPSA) is 29.9 Å². The molecule has 0 saturated carbocycles. The molecule has 0 aliphatic carbocycles. The van der Waals surface area contributed by atoms with Crippen molar-refractivity contribution in [3.05, 3.63) is 11.9 Å². The van der Waals surface area contributed by atoms with Crippen LogP contribution in [0.15, 0.2) is 6.20 Å². The lowest BCUT2D eigenvalue weighted by Gasteiger charge is -2.36. The lowest BCUT2D eigenvalue weighted by atomic mass is 9.84. The molecular weight excluding hydrogens is 174 g/mol. The number of hydrogen-bond acceptors (Lipinski definition) is 2. The van der Waals surface area contributed by atoms with Crippen LogP contribution >= 0.6 is 0 Å². The second kappa shape index (κ2) is 3.01. The van der Waals surface area contributed by atoms with Crippen LogP contribution in [0.25, 0.3) is 0 Å². The van der Waals surface area contributed by atoms with Crippen LogP contribution in [0, 0.1) is 12.3 Å². The maximum Gasteiger partial charge on any atom is 0.203 e. The Bertz CT molecular complexity index is 333. The van der Waals surface area contributed by atoms with Gasteiger partial charge in [0.05, 0.1) is 5.69 Å². The zero-order valence-corrected chi connectivity index (χ0v) is 9.46. The molecule has 0 fully saturated rings. The quantitative estimate of drug-likeness (QED) is 0.686. The molecule has 3 nitrogen and oxygen atoms in total. The van der Waals surface area contributed by atoms with Gasteiger partial charge in [-0.2, -0.15) is 0 Å². The average Bonchev–Trinajstić information content (AvgIpc) is 2.41. The Morgan fingerprint density at radius 1 is 1.50 bits per heavy atom. The van der Waals surface area contributed by atoms with E-state index in [1.807, 2.05) is 6.92 Å². The summed E-state index contributed by atoms with van der Waals surface area (Å²) in [5.41, 5.74) is 1.41. The van der Waals surface area contributed by atoms with E-state index >= 15 is 0 Å². The molecule has 2 rings (SSSR count). The third-order valence-electron chi connectivity index (χ3n) is 2.89. The van der Waals surface area contributed by atoms with Gasteiger partial charge in [0.2, 0.25) is 5.95 Å². The summed E-state index contributed by atoms with van der Waals surface area (Å²) >= 11 is 0. The maximum absolute atomic E-state index is 4.47. The number of aromatic nitrogens is 2. The highest BCUT2D eigenvalue weighted by Crippen LogP contribution is 2.37. The minimum Gasteiger partial charge on any atom is -0.356 e. The van der Waals surface area contributed by atoms with E-state index in [9.17, 15) is 0 Å². The Balaban J connectivity index is 2.40. The van der Waals surface area contributed by atoms with E-state index in [0.717, 1.165) is 18.2 Å². The Labute approximate surface area is 85.5 Å². The number of aryl methyl sites for hydroxylation is 1. The fourth-order valence-electron chi connectivity index (χ4n) is 2.19. The highest BCUT2D eigenvalue weighted by molar-refractivity contribution is 5.32. The van der Waals surface area contributed by atoms with Gasteiger partial charge in [0.25, 0.3) is 0 Å². The standard InChI is InChI=1S/C11H19N3/c1-8-7-14-9(11(2,3)4)5-6-12-10(14)13-8/h7,9H,5-6H2,1-4H3,(H,12,13). The summed E-state index contributed by atoms with van der Waals surface area (Å²) in [7, 11) is 0. The second-order valence-corrected chi connectivity index (χ2v) is 5.21. The van der Waals surface area contributed by atoms with E-state index in [0.29, 0.717) is 11.5 Å². The summed E-state index contributed by atoms with van der Waals surface area (Å²) < 4.78 is 2.29. The first-order valence-electron chi connectivity index (χ1n) is 5.28. The maximum atomic E-state index is 4.47. The van der Waals surface area contributed by atoms with Crippen LogP contribution in [0.3, 0.4) is 0 Å². The molecule has 1 N–H and O–H groups in total. The summed E-state index contributed by atoms with van der Waals surface area (Å²) in [6.45, 7) is 9.97. The van der Waals surface area contributed by atoms with E-state index in [4.69, 9.17) is 0 Å². The smallest absolute Gasteiger partial charge is 0.203 e. The molecule has 0 aromatic carbocycles. The highest BCUT2D eigenvalue weighted by Gasteiger charge is 2.30. The molecule has 1 atom stereocenters. The molecule has 0 bridgehead atoms. The number of imidazole rings is 1. The van der Waals surface area contributed by atoms with Gasteiger partial charge in [0.15, 0.2) is 0 Å². The van der Waals surface area contributed by atoms with Crippen molar-refractivity contribution in [1.29, 1.82) is 0 Å². The Morgan fingerprint density at radius 3 is 2.86 bits per heavy atom. The van der Waals surface area contributed by atoms with Crippen molar-refractivity contribution in [2.24, 2.45) is 5.41 Å². The number of fused-ring (bicyclic) bond motifs is 1. The summed E-state index contributed by atoms with van der Waals surface area (Å²) in [6.07, 6.45) is 3.34. The monoisotopic (exact) mass is 193 g/mol. The SMILES string of the molecule is Cc1cn2c(n1)NCCC2C(C)(C)C. The third-order valence-corrected chi connectivity index (χ3v) is 2.89. The van der Waals surface area contributed by atoms with Crippen molar-refractivity contribution < 1.29 is 0 Å². The van der Waals surface area contributed by atoms with Crippen LogP contribution in [0.4, 0.5) is 5.95 Å². The van der Waals surface area contributed by atoms with Gasteiger partial charge in [-0.05, 0) is 18.8 Å². The first-order chi connectivity index (χ1) is 6.48. The van der Waals surface area contributed by atoms with Crippen molar-refractivity contribution in [2.75, 3.05) is 11.9 Å². The van der Waals surface area contributed by atoms with Gasteiger partial charge < -0.3 is 9.88 Å². The zero-order valence-electron chi connectivity index (χ0n) is 9.46. The van der Waals surface area contributed by atoms with Crippen LogP contribution in [-0.2, 0) is 0 Å². The van der Waals surface area contributed by atoms with Gasteiger partial charge >= 0.3 is 0 Å². The number of nitrogens with zero attached hydrogens (tertiary/aromatic N) is 2. The molecule has 78 valence electrons. The van der Waals surface area contributed by atoms with E-state index in [-0.39, 0.29) is 0 Å². The summed E-state index contributed by atoms with van der Waals surface area (Å²) in [6, 6.07) is 0.569. The molecule has 1 aliphatic heterocycles.